The minimum absolute atomic E-state index is 0.0214. The Balaban J connectivity index is 1.07. The third-order valence-electron chi connectivity index (χ3n) is 15.2. The molecule has 0 radical (unpaired) electrons. The molecule has 0 unspecified atom stereocenters. The Morgan fingerprint density at radius 3 is 1.40 bits per heavy atom. The van der Waals surface area contributed by atoms with Crippen LogP contribution in [0, 0.1) is 0 Å². The van der Waals surface area contributed by atoms with Crippen LogP contribution in [0.3, 0.4) is 0 Å². The number of hydrogen-bond donors (Lipinski definition) is 0. The van der Waals surface area contributed by atoms with Crippen LogP contribution in [0.25, 0.3) is 99.1 Å². The largest absolute Gasteiger partial charge is 0.309 e. The minimum atomic E-state index is -0.0214. The summed E-state index contributed by atoms with van der Waals surface area (Å²) in [5.74, 6) is 0. The first-order chi connectivity index (χ1) is 36.5. The first kappa shape index (κ1) is 47.2. The van der Waals surface area contributed by atoms with Crippen LogP contribution in [0.15, 0.2) is 261 Å². The smallest absolute Gasteiger partial charge is 0.0540 e. The van der Waals surface area contributed by atoms with Gasteiger partial charge in [0.15, 0.2) is 0 Å². The molecule has 0 spiro atoms. The average Bonchev–Trinajstić information content (AvgIpc) is 3.45. The van der Waals surface area contributed by atoms with Gasteiger partial charge < -0.3 is 4.90 Å². The van der Waals surface area contributed by atoms with Gasteiger partial charge in [0.05, 0.1) is 11.4 Å². The molecule has 12 aromatic rings. The zero-order valence-electron chi connectivity index (χ0n) is 43.8. The third kappa shape index (κ3) is 9.00. The van der Waals surface area contributed by atoms with Gasteiger partial charge in [0.25, 0.3) is 0 Å². The molecule has 0 aliphatic rings. The number of nitrogens with zero attached hydrogens (tertiary/aromatic N) is 1. The van der Waals surface area contributed by atoms with E-state index in [1.165, 1.54) is 93.5 Å². The highest BCUT2D eigenvalue weighted by atomic mass is 15.1. The molecule has 0 aliphatic heterocycles. The summed E-state index contributed by atoms with van der Waals surface area (Å²) in [6.07, 6.45) is 0. The van der Waals surface area contributed by atoms with E-state index in [9.17, 15) is 0 Å². The number of rotatable bonds is 9. The molecule has 1 nitrogen and oxygen atoms in total. The average molecular weight is 964 g/mol. The van der Waals surface area contributed by atoms with Crippen molar-refractivity contribution >= 4 is 49.4 Å². The quantitative estimate of drug-likeness (QED) is 0.130. The second-order valence-electron chi connectivity index (χ2n) is 22.1. The Kier molecular flexibility index (Phi) is 12.1. The lowest BCUT2D eigenvalue weighted by Crippen LogP contribution is -2.16. The third-order valence-corrected chi connectivity index (χ3v) is 15.2. The van der Waals surface area contributed by atoms with Crippen molar-refractivity contribution < 1.29 is 0 Å². The highest BCUT2D eigenvalue weighted by molar-refractivity contribution is 6.14. The summed E-state index contributed by atoms with van der Waals surface area (Å²) in [5, 5.41) is 7.44. The molecule has 0 amide bonds. The Hall–Kier alpha value is -8.78. The van der Waals surface area contributed by atoms with Crippen LogP contribution >= 0.6 is 0 Å². The van der Waals surface area contributed by atoms with Crippen molar-refractivity contribution in [2.75, 3.05) is 4.90 Å². The maximum Gasteiger partial charge on any atom is 0.0540 e. The Labute approximate surface area is 443 Å². The molecule has 0 saturated heterocycles. The fraction of sp³-hybridized carbons (Fsp3) is 0.108. The van der Waals surface area contributed by atoms with Crippen LogP contribution in [0.2, 0.25) is 0 Å². The molecule has 0 bridgehead atoms. The molecular weight excluding hydrogens is 903 g/mol. The predicted octanol–water partition coefficient (Wildman–Crippen LogP) is 21.2. The highest BCUT2D eigenvalue weighted by Crippen LogP contribution is 2.49. The first-order valence-electron chi connectivity index (χ1n) is 26.4. The van der Waals surface area contributed by atoms with Gasteiger partial charge in [-0.15, -0.1) is 0 Å². The minimum Gasteiger partial charge on any atom is -0.309 e. The van der Waals surface area contributed by atoms with Gasteiger partial charge in [0, 0.05) is 16.8 Å². The second kappa shape index (κ2) is 19.2. The number of hydrogen-bond acceptors (Lipinski definition) is 1. The second-order valence-corrected chi connectivity index (χ2v) is 22.1. The molecule has 0 saturated carbocycles. The number of anilines is 3. The van der Waals surface area contributed by atoms with Crippen LogP contribution in [-0.2, 0) is 10.8 Å². The SMILES string of the molecule is CC(C)(C)c1cc(-c2cccc3cccc(-c4ccccc4N(c4ccc(-c5ccc(-c6ccccc6)c(-c6ccccc6)c5)cc4)c4ccccc4-c4cccc5c4ccc4ccccc45)c23)cc(C(C)(C)C)c1. The molecule has 12 aromatic carbocycles. The van der Waals surface area contributed by atoms with Crippen LogP contribution in [0.5, 0.6) is 0 Å². The molecule has 1 heteroatoms. The van der Waals surface area contributed by atoms with E-state index in [0.717, 1.165) is 33.8 Å². The fourth-order valence-electron chi connectivity index (χ4n) is 11.2. The Morgan fingerprint density at radius 2 is 0.747 bits per heavy atom. The van der Waals surface area contributed by atoms with E-state index in [1.807, 2.05) is 0 Å². The predicted molar refractivity (Wildman–Crippen MR) is 324 cm³/mol. The van der Waals surface area contributed by atoms with Gasteiger partial charge >= 0.3 is 0 Å². The number of benzene rings is 12. The molecule has 362 valence electrons. The van der Waals surface area contributed by atoms with Gasteiger partial charge in [-0.05, 0) is 140 Å². The van der Waals surface area contributed by atoms with E-state index in [0.29, 0.717) is 0 Å². The monoisotopic (exact) mass is 963 g/mol. The van der Waals surface area contributed by atoms with E-state index in [-0.39, 0.29) is 10.8 Å². The molecule has 75 heavy (non-hydrogen) atoms. The Bertz CT molecular complexity index is 4020. The van der Waals surface area contributed by atoms with Crippen molar-refractivity contribution in [2.45, 2.75) is 52.4 Å². The van der Waals surface area contributed by atoms with E-state index in [1.54, 1.807) is 0 Å². The van der Waals surface area contributed by atoms with Crippen LogP contribution in [0.1, 0.15) is 52.7 Å². The van der Waals surface area contributed by atoms with Crippen LogP contribution in [-0.4, -0.2) is 0 Å². The molecule has 0 N–H and O–H groups in total. The molecule has 0 aliphatic carbocycles. The summed E-state index contributed by atoms with van der Waals surface area (Å²) in [6, 6.07) is 96.7. The lowest BCUT2D eigenvalue weighted by Gasteiger charge is -2.31. The number of fused-ring (bicyclic) bond motifs is 4. The zero-order chi connectivity index (χ0) is 51.3. The summed E-state index contributed by atoms with van der Waals surface area (Å²) in [7, 11) is 0. The number of para-hydroxylation sites is 2. The summed E-state index contributed by atoms with van der Waals surface area (Å²) in [5.41, 5.74) is 20.3. The van der Waals surface area contributed by atoms with Gasteiger partial charge in [0.1, 0.15) is 0 Å². The van der Waals surface area contributed by atoms with E-state index >= 15 is 0 Å². The molecule has 0 fully saturated rings. The van der Waals surface area contributed by atoms with Crippen molar-refractivity contribution in [3.8, 4) is 66.8 Å². The molecule has 12 rings (SSSR count). The summed E-state index contributed by atoms with van der Waals surface area (Å²) in [4.78, 5) is 2.50. The molecule has 0 atom stereocenters. The van der Waals surface area contributed by atoms with Crippen molar-refractivity contribution in [1.29, 1.82) is 0 Å². The van der Waals surface area contributed by atoms with E-state index < -0.39 is 0 Å². The normalized spacial score (nSPS) is 11.9. The van der Waals surface area contributed by atoms with Crippen molar-refractivity contribution in [1.82, 2.24) is 0 Å². The topological polar surface area (TPSA) is 3.24 Å². The summed E-state index contributed by atoms with van der Waals surface area (Å²) in [6.45, 7) is 14.0. The molecule has 0 aromatic heterocycles. The van der Waals surface area contributed by atoms with E-state index in [4.69, 9.17) is 0 Å². The van der Waals surface area contributed by atoms with Gasteiger partial charge in [-0.25, -0.2) is 0 Å². The Morgan fingerprint density at radius 1 is 0.253 bits per heavy atom. The standard InChI is InChI=1S/C74H61N/c1-73(2,3)57-46-56(47-58(49-57)74(4,5)6)62-32-19-27-54-28-20-35-68(72(54)62)67-31-16-18-37-71(67)75(70-36-17-15-30-66(70)64-34-21-33-63-60-29-14-13-26-53(60)40-45-65(63)64)59-42-38-50(39-43-59)55-41-44-61(51-22-9-7-10-23-51)69(48-55)52-24-11-8-12-25-52/h7-49H,1-6H3. The van der Waals surface area contributed by atoms with Crippen LogP contribution < -0.4 is 4.90 Å². The lowest BCUT2D eigenvalue weighted by molar-refractivity contribution is 0.569. The molecular formula is C74H61N. The maximum absolute atomic E-state index is 2.50. The van der Waals surface area contributed by atoms with Gasteiger partial charge in [-0.3, -0.25) is 0 Å². The fourth-order valence-corrected chi connectivity index (χ4v) is 11.2. The van der Waals surface area contributed by atoms with Crippen molar-refractivity contribution in [3.05, 3.63) is 272 Å². The first-order valence-corrected chi connectivity index (χ1v) is 26.4. The van der Waals surface area contributed by atoms with Crippen LogP contribution in [0.4, 0.5) is 17.1 Å². The summed E-state index contributed by atoms with van der Waals surface area (Å²) >= 11 is 0. The van der Waals surface area contributed by atoms with Gasteiger partial charge in [0.2, 0.25) is 0 Å². The van der Waals surface area contributed by atoms with Crippen molar-refractivity contribution in [2.24, 2.45) is 0 Å². The zero-order valence-corrected chi connectivity index (χ0v) is 43.8. The van der Waals surface area contributed by atoms with Crippen molar-refractivity contribution in [3.63, 3.8) is 0 Å². The molecule has 0 heterocycles. The highest BCUT2D eigenvalue weighted by Gasteiger charge is 2.25. The summed E-state index contributed by atoms with van der Waals surface area (Å²) < 4.78 is 0. The van der Waals surface area contributed by atoms with E-state index in [2.05, 4.69) is 307 Å². The van der Waals surface area contributed by atoms with Gasteiger partial charge in [-0.1, -0.05) is 272 Å². The van der Waals surface area contributed by atoms with Gasteiger partial charge in [-0.2, -0.15) is 0 Å². The maximum atomic E-state index is 2.50. The lowest BCUT2D eigenvalue weighted by atomic mass is 9.78.